The Morgan fingerprint density at radius 2 is 2.20 bits per heavy atom. The molecular formula is C7H15N2O. The molecule has 2 amide bonds. The first kappa shape index (κ1) is 9.27. The Bertz CT molecular complexity index is 97.8. The van der Waals surface area contributed by atoms with Gasteiger partial charge in [0.15, 0.2) is 0 Å². The fourth-order valence-electron chi connectivity index (χ4n) is 0.793. The molecule has 0 aromatic carbocycles. The van der Waals surface area contributed by atoms with E-state index < -0.39 is 0 Å². The molecule has 0 bridgehead atoms. The number of primary amides is 1. The predicted octanol–water partition coefficient (Wildman–Crippen LogP) is 1.00. The molecule has 0 saturated carbocycles. The molecular weight excluding hydrogens is 128 g/mol. The smallest absolute Gasteiger partial charge is 0.314 e. The minimum atomic E-state index is -0.342. The summed E-state index contributed by atoms with van der Waals surface area (Å²) in [6, 6.07) is -0.342. The molecule has 2 N–H and O–H groups in total. The molecule has 0 heterocycles. The van der Waals surface area contributed by atoms with Crippen LogP contribution in [-0.4, -0.2) is 24.0 Å². The van der Waals surface area contributed by atoms with Gasteiger partial charge in [-0.15, -0.1) is 0 Å². The number of urea groups is 1. The van der Waals surface area contributed by atoms with Crippen LogP contribution in [0.1, 0.15) is 19.8 Å². The summed E-state index contributed by atoms with van der Waals surface area (Å²) < 4.78 is 0. The molecule has 10 heavy (non-hydrogen) atoms. The van der Waals surface area contributed by atoms with Crippen molar-refractivity contribution in [3.8, 4) is 0 Å². The van der Waals surface area contributed by atoms with Crippen molar-refractivity contribution >= 4 is 6.03 Å². The van der Waals surface area contributed by atoms with Crippen LogP contribution in [0, 0.1) is 6.92 Å². The van der Waals surface area contributed by atoms with Crippen molar-refractivity contribution in [3.05, 3.63) is 6.92 Å². The molecule has 0 fully saturated rings. The van der Waals surface area contributed by atoms with Gasteiger partial charge in [-0.3, -0.25) is 0 Å². The fraction of sp³-hybridized carbons (Fsp3) is 0.714. The van der Waals surface area contributed by atoms with Gasteiger partial charge in [0.25, 0.3) is 0 Å². The number of carbonyl (C=O) groups excluding carboxylic acids is 1. The van der Waals surface area contributed by atoms with Crippen LogP contribution in [0.4, 0.5) is 4.79 Å². The third kappa shape index (κ3) is 3.33. The molecule has 1 radical (unpaired) electrons. The van der Waals surface area contributed by atoms with E-state index in [1.807, 2.05) is 6.92 Å². The zero-order valence-electron chi connectivity index (χ0n) is 6.47. The largest absolute Gasteiger partial charge is 0.351 e. The highest BCUT2D eigenvalue weighted by atomic mass is 16.2. The maximum atomic E-state index is 10.6. The number of nitrogens with two attached hydrogens (primary N) is 1. The van der Waals surface area contributed by atoms with Gasteiger partial charge in [0.2, 0.25) is 0 Å². The van der Waals surface area contributed by atoms with Crippen LogP contribution in [0.5, 0.6) is 0 Å². The van der Waals surface area contributed by atoms with Crippen molar-refractivity contribution in [1.82, 2.24) is 4.90 Å². The number of amides is 2. The lowest BCUT2D eigenvalue weighted by Crippen LogP contribution is -2.36. The monoisotopic (exact) mass is 143 g/mol. The van der Waals surface area contributed by atoms with Crippen LogP contribution in [0.25, 0.3) is 0 Å². The quantitative estimate of drug-likeness (QED) is 0.627. The second-order valence-corrected chi connectivity index (χ2v) is 2.18. The van der Waals surface area contributed by atoms with E-state index in [0.717, 1.165) is 19.4 Å². The molecule has 3 nitrogen and oxygen atoms in total. The summed E-state index contributed by atoms with van der Waals surface area (Å²) in [5.74, 6) is 0. The number of rotatable bonds is 4. The molecule has 0 aromatic rings. The molecule has 0 spiro atoms. The molecule has 3 heteroatoms. The third-order valence-electron chi connectivity index (χ3n) is 1.23. The second kappa shape index (κ2) is 5.09. The first-order chi connectivity index (χ1) is 4.72. The fourth-order valence-corrected chi connectivity index (χ4v) is 0.793. The van der Waals surface area contributed by atoms with Crippen LogP contribution < -0.4 is 5.73 Å². The van der Waals surface area contributed by atoms with Crippen LogP contribution in [0.15, 0.2) is 0 Å². The number of hydrogen-bond acceptors (Lipinski definition) is 1. The first-order valence-corrected chi connectivity index (χ1v) is 3.56. The normalized spacial score (nSPS) is 9.40. The average molecular weight is 143 g/mol. The maximum Gasteiger partial charge on any atom is 0.314 e. The zero-order chi connectivity index (χ0) is 7.98. The van der Waals surface area contributed by atoms with Gasteiger partial charge in [0, 0.05) is 13.1 Å². The lowest BCUT2D eigenvalue weighted by atomic mass is 10.4. The van der Waals surface area contributed by atoms with Crippen molar-refractivity contribution in [1.29, 1.82) is 0 Å². The van der Waals surface area contributed by atoms with Crippen molar-refractivity contribution in [2.45, 2.75) is 19.8 Å². The first-order valence-electron chi connectivity index (χ1n) is 3.56. The Morgan fingerprint density at radius 3 is 2.50 bits per heavy atom. The van der Waals surface area contributed by atoms with E-state index in [1.54, 1.807) is 4.90 Å². The van der Waals surface area contributed by atoms with Gasteiger partial charge in [-0.2, -0.15) is 0 Å². The minimum absolute atomic E-state index is 0.342. The Balaban J connectivity index is 3.61. The van der Waals surface area contributed by atoms with Crippen molar-refractivity contribution in [3.63, 3.8) is 0 Å². The lowest BCUT2D eigenvalue weighted by Gasteiger charge is -2.17. The van der Waals surface area contributed by atoms with Crippen molar-refractivity contribution < 1.29 is 4.79 Å². The number of hydrogen-bond donors (Lipinski definition) is 1. The van der Waals surface area contributed by atoms with E-state index in [2.05, 4.69) is 6.92 Å². The highest BCUT2D eigenvalue weighted by molar-refractivity contribution is 5.71. The molecule has 0 unspecified atom stereocenters. The molecule has 0 aromatic heterocycles. The van der Waals surface area contributed by atoms with Gasteiger partial charge in [0.05, 0.1) is 0 Å². The number of nitrogens with zero attached hydrogens (tertiary/aromatic N) is 1. The zero-order valence-corrected chi connectivity index (χ0v) is 6.47. The Hall–Kier alpha value is -0.730. The minimum Gasteiger partial charge on any atom is -0.351 e. The van der Waals surface area contributed by atoms with Crippen LogP contribution in [0.3, 0.4) is 0 Å². The Kier molecular flexibility index (Phi) is 4.72. The summed E-state index contributed by atoms with van der Waals surface area (Å²) in [6.07, 6.45) is 1.67. The molecule has 0 atom stereocenters. The standard InChI is InChI=1S/C7H15N2O/c1-3-5-9(6-4-2)7(8)10/h1,3-6H2,2H3,(H2,8,10). The molecule has 0 aliphatic rings. The topological polar surface area (TPSA) is 46.3 Å². The number of carbonyl (C=O) groups is 1. The van der Waals surface area contributed by atoms with Gasteiger partial charge < -0.3 is 10.6 Å². The summed E-state index contributed by atoms with van der Waals surface area (Å²) >= 11 is 0. The van der Waals surface area contributed by atoms with E-state index in [9.17, 15) is 4.79 Å². The van der Waals surface area contributed by atoms with Gasteiger partial charge >= 0.3 is 6.03 Å². The summed E-state index contributed by atoms with van der Waals surface area (Å²) in [6.45, 7) is 7.06. The second-order valence-electron chi connectivity index (χ2n) is 2.18. The summed E-state index contributed by atoms with van der Waals surface area (Å²) in [5.41, 5.74) is 5.07. The van der Waals surface area contributed by atoms with Gasteiger partial charge in [-0.25, -0.2) is 4.79 Å². The predicted molar refractivity (Wildman–Crippen MR) is 41.4 cm³/mol. The van der Waals surface area contributed by atoms with Crippen LogP contribution >= 0.6 is 0 Å². The van der Waals surface area contributed by atoms with Crippen molar-refractivity contribution in [2.24, 2.45) is 5.73 Å². The summed E-state index contributed by atoms with van der Waals surface area (Å²) in [7, 11) is 0. The highest BCUT2D eigenvalue weighted by Gasteiger charge is 2.04. The van der Waals surface area contributed by atoms with E-state index in [0.29, 0.717) is 6.54 Å². The van der Waals surface area contributed by atoms with E-state index in [4.69, 9.17) is 5.73 Å². The molecule has 0 aliphatic carbocycles. The molecule has 0 saturated heterocycles. The van der Waals surface area contributed by atoms with Crippen molar-refractivity contribution in [2.75, 3.05) is 13.1 Å². The van der Waals surface area contributed by atoms with E-state index in [-0.39, 0.29) is 6.03 Å². The van der Waals surface area contributed by atoms with Crippen LogP contribution in [-0.2, 0) is 0 Å². The van der Waals surface area contributed by atoms with Gasteiger partial charge in [-0.1, -0.05) is 13.8 Å². The Labute approximate surface area is 62.2 Å². The lowest BCUT2D eigenvalue weighted by molar-refractivity contribution is 0.208. The van der Waals surface area contributed by atoms with E-state index >= 15 is 0 Å². The maximum absolute atomic E-state index is 10.6. The molecule has 0 aliphatic heterocycles. The van der Waals surface area contributed by atoms with Gasteiger partial charge in [-0.05, 0) is 12.8 Å². The average Bonchev–Trinajstić information content (AvgIpc) is 1.87. The SMILES string of the molecule is [CH2]CCN(CCC)C(N)=O. The summed E-state index contributed by atoms with van der Waals surface area (Å²) in [5, 5.41) is 0. The molecule has 59 valence electrons. The van der Waals surface area contributed by atoms with Crippen LogP contribution in [0.2, 0.25) is 0 Å². The highest BCUT2D eigenvalue weighted by Crippen LogP contribution is 1.91. The summed E-state index contributed by atoms with van der Waals surface area (Å²) in [4.78, 5) is 12.2. The third-order valence-corrected chi connectivity index (χ3v) is 1.23. The molecule has 0 rings (SSSR count). The van der Waals surface area contributed by atoms with Gasteiger partial charge in [0.1, 0.15) is 0 Å². The van der Waals surface area contributed by atoms with E-state index in [1.165, 1.54) is 0 Å². The Morgan fingerprint density at radius 1 is 1.60 bits per heavy atom.